The molecule has 1 aliphatic rings. The fourth-order valence-corrected chi connectivity index (χ4v) is 3.67. The average molecular weight is 388 g/mol. The summed E-state index contributed by atoms with van der Waals surface area (Å²) in [5.74, 6) is 0.858. The second-order valence-electron chi connectivity index (χ2n) is 7.10. The van der Waals surface area contributed by atoms with Crippen LogP contribution in [0.5, 0.6) is 11.5 Å². The molecule has 1 amide bonds. The SMILES string of the molecule is COc1cccc(C(=O)N2CCO[C@@H](CN(C)C)[C@@H]2c2cnn(C)c2)c1OC. The molecule has 2 aromatic rings. The van der Waals surface area contributed by atoms with Crippen LogP contribution in [0.3, 0.4) is 0 Å². The number of ether oxygens (including phenoxy) is 3. The fraction of sp³-hybridized carbons (Fsp3) is 0.500. The van der Waals surface area contributed by atoms with Gasteiger partial charge in [0.05, 0.1) is 44.7 Å². The van der Waals surface area contributed by atoms with Gasteiger partial charge >= 0.3 is 0 Å². The number of rotatable bonds is 6. The van der Waals surface area contributed by atoms with E-state index in [-0.39, 0.29) is 18.1 Å². The van der Waals surface area contributed by atoms with E-state index in [1.807, 2.05) is 32.2 Å². The number of carbonyl (C=O) groups excluding carboxylic acids is 1. The van der Waals surface area contributed by atoms with E-state index in [9.17, 15) is 4.79 Å². The van der Waals surface area contributed by atoms with Crippen LogP contribution in [0.2, 0.25) is 0 Å². The third-order valence-corrected chi connectivity index (χ3v) is 4.86. The minimum Gasteiger partial charge on any atom is -0.493 e. The predicted octanol–water partition coefficient (Wildman–Crippen LogP) is 1.58. The monoisotopic (exact) mass is 388 g/mol. The molecular formula is C20H28N4O4. The molecule has 1 aromatic carbocycles. The van der Waals surface area contributed by atoms with Gasteiger partial charge in [0.2, 0.25) is 0 Å². The van der Waals surface area contributed by atoms with E-state index >= 15 is 0 Å². The largest absolute Gasteiger partial charge is 0.493 e. The van der Waals surface area contributed by atoms with E-state index in [1.165, 1.54) is 0 Å². The van der Waals surface area contributed by atoms with E-state index < -0.39 is 0 Å². The number of carbonyl (C=O) groups is 1. The first-order valence-corrected chi connectivity index (χ1v) is 9.23. The molecule has 2 heterocycles. The molecule has 1 aromatic heterocycles. The van der Waals surface area contributed by atoms with Crippen LogP contribution in [-0.2, 0) is 11.8 Å². The Bertz CT molecular complexity index is 820. The van der Waals surface area contributed by atoms with Gasteiger partial charge in [-0.2, -0.15) is 5.10 Å². The Hall–Kier alpha value is -2.58. The molecule has 28 heavy (non-hydrogen) atoms. The predicted molar refractivity (Wildman–Crippen MR) is 105 cm³/mol. The molecule has 1 aliphatic heterocycles. The highest BCUT2D eigenvalue weighted by atomic mass is 16.5. The smallest absolute Gasteiger partial charge is 0.258 e. The van der Waals surface area contributed by atoms with Crippen LogP contribution < -0.4 is 9.47 Å². The number of para-hydroxylation sites is 1. The molecule has 0 saturated carbocycles. The number of hydrogen-bond acceptors (Lipinski definition) is 6. The molecule has 0 radical (unpaired) electrons. The van der Waals surface area contributed by atoms with E-state index in [0.29, 0.717) is 36.8 Å². The minimum absolute atomic E-state index is 0.114. The topological polar surface area (TPSA) is 69.1 Å². The van der Waals surface area contributed by atoms with Crippen molar-refractivity contribution < 1.29 is 19.0 Å². The first-order valence-electron chi connectivity index (χ1n) is 9.23. The Morgan fingerprint density at radius 2 is 2.11 bits per heavy atom. The molecule has 0 bridgehead atoms. The Morgan fingerprint density at radius 1 is 1.32 bits per heavy atom. The standard InChI is InChI=1S/C20H28N4O4/c1-22(2)13-17-18(14-11-21-23(3)12-14)24(9-10-28-17)20(25)15-7-6-8-16(26-4)19(15)27-5/h6-8,11-12,17-18H,9-10,13H2,1-5H3/t17-,18-/m0/s1. The van der Waals surface area contributed by atoms with Crippen molar-refractivity contribution in [3.63, 3.8) is 0 Å². The van der Waals surface area contributed by atoms with Gasteiger partial charge in [-0.3, -0.25) is 9.48 Å². The molecule has 1 fully saturated rings. The normalized spacial score (nSPS) is 19.7. The Kier molecular flexibility index (Phi) is 6.21. The second-order valence-corrected chi connectivity index (χ2v) is 7.10. The summed E-state index contributed by atoms with van der Waals surface area (Å²) in [5, 5.41) is 4.30. The lowest BCUT2D eigenvalue weighted by molar-refractivity contribution is -0.0685. The number of aryl methyl sites for hydroxylation is 1. The minimum atomic E-state index is -0.242. The van der Waals surface area contributed by atoms with Crippen LogP contribution in [0.4, 0.5) is 0 Å². The van der Waals surface area contributed by atoms with Crippen molar-refractivity contribution in [2.75, 3.05) is 48.0 Å². The number of likely N-dealkylation sites (N-methyl/N-ethyl adjacent to an activating group) is 1. The van der Waals surface area contributed by atoms with Gasteiger partial charge in [-0.05, 0) is 26.2 Å². The molecule has 152 valence electrons. The molecular weight excluding hydrogens is 360 g/mol. The van der Waals surface area contributed by atoms with Crippen molar-refractivity contribution in [2.45, 2.75) is 12.1 Å². The van der Waals surface area contributed by atoms with Crippen LogP contribution in [-0.4, -0.2) is 79.6 Å². The number of nitrogens with zero attached hydrogens (tertiary/aromatic N) is 4. The molecule has 0 spiro atoms. The summed E-state index contributed by atoms with van der Waals surface area (Å²) in [7, 11) is 8.96. The van der Waals surface area contributed by atoms with Gasteiger partial charge in [0.25, 0.3) is 5.91 Å². The van der Waals surface area contributed by atoms with E-state index in [1.54, 1.807) is 43.3 Å². The fourth-order valence-electron chi connectivity index (χ4n) is 3.67. The van der Waals surface area contributed by atoms with Crippen LogP contribution in [0.25, 0.3) is 0 Å². The molecule has 3 rings (SSSR count). The lowest BCUT2D eigenvalue weighted by Gasteiger charge is -2.42. The first kappa shape index (κ1) is 20.2. The van der Waals surface area contributed by atoms with Gasteiger partial charge in [0, 0.05) is 31.9 Å². The van der Waals surface area contributed by atoms with Crippen LogP contribution in [0, 0.1) is 0 Å². The van der Waals surface area contributed by atoms with Gasteiger partial charge in [0.1, 0.15) is 0 Å². The summed E-state index contributed by atoms with van der Waals surface area (Å²) >= 11 is 0. The Balaban J connectivity index is 2.01. The molecule has 0 aliphatic carbocycles. The molecule has 8 heteroatoms. The zero-order chi connectivity index (χ0) is 20.3. The van der Waals surface area contributed by atoms with Gasteiger partial charge in [0.15, 0.2) is 11.5 Å². The van der Waals surface area contributed by atoms with E-state index in [4.69, 9.17) is 14.2 Å². The number of benzene rings is 1. The third kappa shape index (κ3) is 3.98. The van der Waals surface area contributed by atoms with Crippen LogP contribution in [0.15, 0.2) is 30.6 Å². The quantitative estimate of drug-likeness (QED) is 0.749. The number of methoxy groups -OCH3 is 2. The highest BCUT2D eigenvalue weighted by Gasteiger charge is 2.38. The van der Waals surface area contributed by atoms with Crippen molar-refractivity contribution in [2.24, 2.45) is 7.05 Å². The molecule has 8 nitrogen and oxygen atoms in total. The maximum absolute atomic E-state index is 13.6. The van der Waals surface area contributed by atoms with Gasteiger partial charge in [-0.15, -0.1) is 0 Å². The van der Waals surface area contributed by atoms with Crippen molar-refractivity contribution in [1.82, 2.24) is 19.6 Å². The molecule has 0 N–H and O–H groups in total. The number of amides is 1. The van der Waals surface area contributed by atoms with Crippen molar-refractivity contribution >= 4 is 5.91 Å². The summed E-state index contributed by atoms with van der Waals surface area (Å²) in [6.45, 7) is 1.66. The maximum atomic E-state index is 13.6. The first-order chi connectivity index (χ1) is 13.5. The molecule has 1 saturated heterocycles. The summed E-state index contributed by atoms with van der Waals surface area (Å²) in [5.41, 5.74) is 1.42. The lowest BCUT2D eigenvalue weighted by atomic mass is 9.99. The van der Waals surface area contributed by atoms with Gasteiger partial charge in [-0.1, -0.05) is 6.07 Å². The lowest BCUT2D eigenvalue weighted by Crippen LogP contribution is -2.51. The second kappa shape index (κ2) is 8.62. The number of hydrogen-bond donors (Lipinski definition) is 0. The van der Waals surface area contributed by atoms with Gasteiger partial charge in [-0.25, -0.2) is 0 Å². The zero-order valence-electron chi connectivity index (χ0n) is 17.1. The van der Waals surface area contributed by atoms with Gasteiger partial charge < -0.3 is 24.0 Å². The molecule has 2 atom stereocenters. The zero-order valence-corrected chi connectivity index (χ0v) is 17.1. The van der Waals surface area contributed by atoms with E-state index in [0.717, 1.165) is 5.56 Å². The highest BCUT2D eigenvalue weighted by molar-refractivity contribution is 5.98. The number of aromatic nitrogens is 2. The van der Waals surface area contributed by atoms with Crippen molar-refractivity contribution in [1.29, 1.82) is 0 Å². The summed E-state index contributed by atoms with van der Waals surface area (Å²) < 4.78 is 18.6. The maximum Gasteiger partial charge on any atom is 0.258 e. The summed E-state index contributed by atoms with van der Waals surface area (Å²) in [6.07, 6.45) is 3.57. The summed E-state index contributed by atoms with van der Waals surface area (Å²) in [6, 6.07) is 5.10. The van der Waals surface area contributed by atoms with E-state index in [2.05, 4.69) is 10.00 Å². The molecule has 0 unspecified atom stereocenters. The van der Waals surface area contributed by atoms with Crippen molar-refractivity contribution in [3.05, 3.63) is 41.7 Å². The highest BCUT2D eigenvalue weighted by Crippen LogP contribution is 2.36. The Labute approximate surface area is 165 Å². The third-order valence-electron chi connectivity index (χ3n) is 4.86. The Morgan fingerprint density at radius 3 is 2.71 bits per heavy atom. The average Bonchev–Trinajstić information content (AvgIpc) is 3.11. The number of morpholine rings is 1. The summed E-state index contributed by atoms with van der Waals surface area (Å²) in [4.78, 5) is 17.5. The van der Waals surface area contributed by atoms with Crippen molar-refractivity contribution in [3.8, 4) is 11.5 Å². The van der Waals surface area contributed by atoms with Crippen LogP contribution >= 0.6 is 0 Å². The van der Waals surface area contributed by atoms with Crippen LogP contribution in [0.1, 0.15) is 22.0 Å².